The van der Waals surface area contributed by atoms with Gasteiger partial charge in [-0.05, 0) is 31.0 Å². The van der Waals surface area contributed by atoms with Crippen LogP contribution in [0.1, 0.15) is 38.3 Å². The SMILES string of the molecule is CCCCN(C)S(=O)(=O)N[C@@H](C)c1ccc2c(c1)NC(=O)CO2. The van der Waals surface area contributed by atoms with Gasteiger partial charge in [0, 0.05) is 19.6 Å². The highest BCUT2D eigenvalue weighted by molar-refractivity contribution is 7.87. The fourth-order valence-corrected chi connectivity index (χ4v) is 3.38. The summed E-state index contributed by atoms with van der Waals surface area (Å²) in [6.45, 7) is 4.25. The van der Waals surface area contributed by atoms with E-state index < -0.39 is 16.3 Å². The molecule has 23 heavy (non-hydrogen) atoms. The molecule has 0 saturated carbocycles. The van der Waals surface area contributed by atoms with Crippen molar-refractivity contribution in [2.45, 2.75) is 32.7 Å². The number of anilines is 1. The van der Waals surface area contributed by atoms with Crippen LogP contribution in [0.5, 0.6) is 5.75 Å². The molecule has 0 unspecified atom stereocenters. The second-order valence-electron chi connectivity index (χ2n) is 5.61. The number of rotatable bonds is 7. The maximum Gasteiger partial charge on any atom is 0.279 e. The van der Waals surface area contributed by atoms with Gasteiger partial charge in [0.2, 0.25) is 0 Å². The number of nitrogens with one attached hydrogen (secondary N) is 2. The summed E-state index contributed by atoms with van der Waals surface area (Å²) in [4.78, 5) is 11.4. The van der Waals surface area contributed by atoms with Crippen LogP contribution in [0.2, 0.25) is 0 Å². The third-order valence-electron chi connectivity index (χ3n) is 3.70. The quantitative estimate of drug-likeness (QED) is 0.789. The lowest BCUT2D eigenvalue weighted by atomic mass is 10.1. The van der Waals surface area contributed by atoms with Gasteiger partial charge in [-0.25, -0.2) is 0 Å². The highest BCUT2D eigenvalue weighted by Crippen LogP contribution is 2.30. The molecule has 1 amide bonds. The van der Waals surface area contributed by atoms with Crippen LogP contribution >= 0.6 is 0 Å². The number of unbranched alkanes of at least 4 members (excludes halogenated alkanes) is 1. The summed E-state index contributed by atoms with van der Waals surface area (Å²) < 4.78 is 33.8. The molecule has 0 aromatic heterocycles. The molecular formula is C15H23N3O4S. The van der Waals surface area contributed by atoms with E-state index in [0.29, 0.717) is 18.0 Å². The Labute approximate surface area is 137 Å². The Bertz CT molecular complexity index is 675. The van der Waals surface area contributed by atoms with Crippen LogP contribution in [0.3, 0.4) is 0 Å². The summed E-state index contributed by atoms with van der Waals surface area (Å²) in [5, 5.41) is 2.72. The summed E-state index contributed by atoms with van der Waals surface area (Å²) in [5.41, 5.74) is 1.31. The lowest BCUT2D eigenvalue weighted by molar-refractivity contribution is -0.118. The molecular weight excluding hydrogens is 318 g/mol. The molecule has 1 aliphatic rings. The molecule has 0 spiro atoms. The van der Waals surface area contributed by atoms with Crippen molar-refractivity contribution in [2.24, 2.45) is 0 Å². The van der Waals surface area contributed by atoms with Gasteiger partial charge in [-0.3, -0.25) is 4.79 Å². The van der Waals surface area contributed by atoms with Gasteiger partial charge in [-0.1, -0.05) is 19.4 Å². The van der Waals surface area contributed by atoms with Gasteiger partial charge >= 0.3 is 0 Å². The Morgan fingerprint density at radius 2 is 2.17 bits per heavy atom. The number of hydrogen-bond acceptors (Lipinski definition) is 4. The molecule has 1 aromatic carbocycles. The minimum atomic E-state index is -3.55. The molecule has 1 heterocycles. The van der Waals surface area contributed by atoms with Crippen LogP contribution in [0, 0.1) is 0 Å². The zero-order valence-corrected chi connectivity index (χ0v) is 14.4. The zero-order valence-electron chi connectivity index (χ0n) is 13.6. The van der Waals surface area contributed by atoms with Crippen molar-refractivity contribution in [3.63, 3.8) is 0 Å². The number of carbonyl (C=O) groups is 1. The maximum absolute atomic E-state index is 12.3. The van der Waals surface area contributed by atoms with Crippen molar-refractivity contribution in [1.29, 1.82) is 0 Å². The first-order chi connectivity index (χ1) is 10.8. The van der Waals surface area contributed by atoms with Crippen molar-refractivity contribution >= 4 is 21.8 Å². The molecule has 1 aliphatic heterocycles. The molecule has 0 saturated heterocycles. The first-order valence-electron chi connectivity index (χ1n) is 7.63. The Morgan fingerprint density at radius 3 is 2.87 bits per heavy atom. The van der Waals surface area contributed by atoms with E-state index in [2.05, 4.69) is 10.0 Å². The molecule has 0 fully saturated rings. The van der Waals surface area contributed by atoms with Crippen LogP contribution in [0.25, 0.3) is 0 Å². The summed E-state index contributed by atoms with van der Waals surface area (Å²) in [6.07, 6.45) is 1.74. The minimum Gasteiger partial charge on any atom is -0.482 e. The third kappa shape index (κ3) is 4.43. The summed E-state index contributed by atoms with van der Waals surface area (Å²) in [6, 6.07) is 4.82. The largest absolute Gasteiger partial charge is 0.482 e. The van der Waals surface area contributed by atoms with Crippen molar-refractivity contribution in [3.8, 4) is 5.75 Å². The lowest BCUT2D eigenvalue weighted by Crippen LogP contribution is -2.39. The first kappa shape index (κ1) is 17.7. The van der Waals surface area contributed by atoms with Gasteiger partial charge in [0.1, 0.15) is 5.75 Å². The number of carbonyl (C=O) groups excluding carboxylic acids is 1. The van der Waals surface area contributed by atoms with Crippen molar-refractivity contribution in [2.75, 3.05) is 25.5 Å². The van der Waals surface area contributed by atoms with Crippen LogP contribution in [0.4, 0.5) is 5.69 Å². The Kier molecular flexibility index (Phi) is 5.61. The molecule has 0 bridgehead atoms. The molecule has 2 rings (SSSR count). The number of ether oxygens (including phenoxy) is 1. The predicted molar refractivity (Wildman–Crippen MR) is 88.6 cm³/mol. The van der Waals surface area contributed by atoms with E-state index in [-0.39, 0.29) is 12.5 Å². The van der Waals surface area contributed by atoms with Gasteiger partial charge in [0.15, 0.2) is 6.61 Å². The molecule has 8 heteroatoms. The standard InChI is InChI=1S/C15H23N3O4S/c1-4-5-8-18(3)23(20,21)17-11(2)12-6-7-14-13(9-12)16-15(19)10-22-14/h6-7,9,11,17H,4-5,8,10H2,1-3H3,(H,16,19)/t11-/m0/s1. The number of amides is 1. The topological polar surface area (TPSA) is 87.7 Å². The monoisotopic (exact) mass is 341 g/mol. The van der Waals surface area contributed by atoms with Gasteiger partial charge in [-0.2, -0.15) is 17.4 Å². The lowest BCUT2D eigenvalue weighted by Gasteiger charge is -2.23. The molecule has 0 aliphatic carbocycles. The Hall–Kier alpha value is -1.64. The van der Waals surface area contributed by atoms with E-state index in [4.69, 9.17) is 4.74 Å². The fraction of sp³-hybridized carbons (Fsp3) is 0.533. The maximum atomic E-state index is 12.3. The fourth-order valence-electron chi connectivity index (χ4n) is 2.25. The Balaban J connectivity index is 2.10. The Morgan fingerprint density at radius 1 is 1.43 bits per heavy atom. The van der Waals surface area contributed by atoms with E-state index in [9.17, 15) is 13.2 Å². The molecule has 128 valence electrons. The number of nitrogens with zero attached hydrogens (tertiary/aromatic N) is 1. The molecule has 1 atom stereocenters. The van der Waals surface area contributed by atoms with E-state index in [1.54, 1.807) is 32.2 Å². The third-order valence-corrected chi connectivity index (χ3v) is 5.35. The van der Waals surface area contributed by atoms with Crippen LogP contribution in [-0.2, 0) is 15.0 Å². The van der Waals surface area contributed by atoms with Gasteiger partial charge in [0.05, 0.1) is 5.69 Å². The normalized spacial score (nSPS) is 15.7. The summed E-state index contributed by atoms with van der Waals surface area (Å²) in [7, 11) is -1.99. The minimum absolute atomic E-state index is 0.00322. The zero-order chi connectivity index (χ0) is 17.0. The number of fused-ring (bicyclic) bond motifs is 1. The first-order valence-corrected chi connectivity index (χ1v) is 9.07. The van der Waals surface area contributed by atoms with Crippen molar-refractivity contribution < 1.29 is 17.9 Å². The summed E-state index contributed by atoms with van der Waals surface area (Å²) in [5.74, 6) is 0.366. The second-order valence-corrected chi connectivity index (χ2v) is 7.42. The summed E-state index contributed by atoms with van der Waals surface area (Å²) >= 11 is 0. The van der Waals surface area contributed by atoms with Gasteiger partial charge in [0.25, 0.3) is 16.1 Å². The van der Waals surface area contributed by atoms with Crippen LogP contribution in [0.15, 0.2) is 18.2 Å². The van der Waals surface area contributed by atoms with E-state index in [1.807, 2.05) is 6.92 Å². The van der Waals surface area contributed by atoms with Crippen molar-refractivity contribution in [3.05, 3.63) is 23.8 Å². The molecule has 0 radical (unpaired) electrons. The van der Waals surface area contributed by atoms with E-state index >= 15 is 0 Å². The average Bonchev–Trinajstić information content (AvgIpc) is 2.51. The smallest absolute Gasteiger partial charge is 0.279 e. The average molecular weight is 341 g/mol. The van der Waals surface area contributed by atoms with E-state index in [1.165, 1.54) is 4.31 Å². The van der Waals surface area contributed by atoms with Gasteiger partial charge < -0.3 is 10.1 Å². The molecule has 2 N–H and O–H groups in total. The van der Waals surface area contributed by atoms with E-state index in [0.717, 1.165) is 18.4 Å². The second kappa shape index (κ2) is 7.29. The molecule has 1 aromatic rings. The van der Waals surface area contributed by atoms with Crippen LogP contribution in [-0.4, -0.2) is 38.8 Å². The highest BCUT2D eigenvalue weighted by atomic mass is 32.2. The molecule has 7 nitrogen and oxygen atoms in total. The van der Waals surface area contributed by atoms with Gasteiger partial charge in [-0.15, -0.1) is 0 Å². The number of benzene rings is 1. The highest BCUT2D eigenvalue weighted by Gasteiger charge is 2.22. The van der Waals surface area contributed by atoms with Crippen molar-refractivity contribution in [1.82, 2.24) is 9.03 Å². The predicted octanol–water partition coefficient (Wildman–Crippen LogP) is 1.64. The number of hydrogen-bond donors (Lipinski definition) is 2. The van der Waals surface area contributed by atoms with Crippen LogP contribution < -0.4 is 14.8 Å².